The number of carboxylic acid groups (broad SMARTS) is 1. The van der Waals surface area contributed by atoms with Crippen LogP contribution in [0.1, 0.15) is 39.7 Å². The van der Waals surface area contributed by atoms with Crippen molar-refractivity contribution in [2.45, 2.75) is 36.8 Å². The first kappa shape index (κ1) is 27.7. The van der Waals surface area contributed by atoms with Gasteiger partial charge in [-0.1, -0.05) is 36.4 Å². The summed E-state index contributed by atoms with van der Waals surface area (Å²) in [5, 5.41) is 17.6. The predicted molar refractivity (Wildman–Crippen MR) is 158 cm³/mol. The summed E-state index contributed by atoms with van der Waals surface area (Å²) in [4.78, 5) is 46.0. The quantitative estimate of drug-likeness (QED) is 0.354. The number of carbonyl (C=O) groups excluding carboxylic acids is 2. The third kappa shape index (κ3) is 6.56. The number of hydrogen-bond donors (Lipinski definition) is 3. The lowest BCUT2D eigenvalue weighted by molar-refractivity contribution is -0.119. The van der Waals surface area contributed by atoms with E-state index in [0.29, 0.717) is 41.4 Å². The summed E-state index contributed by atoms with van der Waals surface area (Å²) in [5.41, 5.74) is 4.06. The molecule has 41 heavy (non-hydrogen) atoms. The minimum atomic E-state index is -1.13. The SMILES string of the molecule is O=C(NC1CC1)c1ccc(-c2csc(NC(=O)C3CSC(c4cccc(CN5CCOCC5)c4)N3C(=O)O)n2)cc1. The van der Waals surface area contributed by atoms with Crippen molar-refractivity contribution in [2.24, 2.45) is 0 Å². The number of hydrogen-bond acceptors (Lipinski definition) is 8. The average Bonchev–Trinajstić information content (AvgIpc) is 3.48. The fourth-order valence-corrected chi connectivity index (χ4v) is 7.14. The molecule has 1 aromatic heterocycles. The van der Waals surface area contributed by atoms with Gasteiger partial charge < -0.3 is 20.5 Å². The zero-order chi connectivity index (χ0) is 28.3. The summed E-state index contributed by atoms with van der Waals surface area (Å²) < 4.78 is 5.44. The van der Waals surface area contributed by atoms with Crippen molar-refractivity contribution in [3.63, 3.8) is 0 Å². The van der Waals surface area contributed by atoms with E-state index in [1.165, 1.54) is 28.0 Å². The molecule has 2 aliphatic heterocycles. The van der Waals surface area contributed by atoms with Crippen LogP contribution in [0.25, 0.3) is 11.3 Å². The number of nitrogens with zero attached hydrogens (tertiary/aromatic N) is 3. The van der Waals surface area contributed by atoms with E-state index in [0.717, 1.165) is 49.2 Å². The Morgan fingerprint density at radius 2 is 1.85 bits per heavy atom. The van der Waals surface area contributed by atoms with E-state index in [1.807, 2.05) is 41.8 Å². The zero-order valence-corrected chi connectivity index (χ0v) is 24.0. The number of carbonyl (C=O) groups is 3. The number of ether oxygens (including phenoxy) is 1. The fraction of sp³-hybridized carbons (Fsp3) is 0.379. The molecule has 1 saturated carbocycles. The van der Waals surface area contributed by atoms with Crippen molar-refractivity contribution in [2.75, 3.05) is 37.4 Å². The number of rotatable bonds is 8. The van der Waals surface area contributed by atoms with Gasteiger partial charge in [-0.25, -0.2) is 9.78 Å². The van der Waals surface area contributed by atoms with Crippen LogP contribution in [0.15, 0.2) is 53.9 Å². The van der Waals surface area contributed by atoms with Gasteiger partial charge in [-0.05, 0) is 36.1 Å². The summed E-state index contributed by atoms with van der Waals surface area (Å²) in [6.07, 6.45) is 0.929. The minimum absolute atomic E-state index is 0.0789. The standard InChI is InChI=1S/C29H31N5O5S2/c35-25(30-22-8-9-22)20-6-4-19(5-7-20)23-16-41-28(31-23)32-26(36)24-17-40-27(34(24)29(37)38)21-3-1-2-18(14-21)15-33-10-12-39-13-11-33/h1-7,14,16,22,24,27H,8-13,15,17H2,(H,30,35)(H,37,38)(H,31,32,36). The number of thiazole rings is 1. The maximum atomic E-state index is 13.3. The van der Waals surface area contributed by atoms with Crippen molar-refractivity contribution >= 4 is 46.1 Å². The molecule has 0 spiro atoms. The highest BCUT2D eigenvalue weighted by Gasteiger charge is 2.42. The van der Waals surface area contributed by atoms with E-state index in [1.54, 1.807) is 12.1 Å². The van der Waals surface area contributed by atoms with Crippen LogP contribution in [0.5, 0.6) is 0 Å². The summed E-state index contributed by atoms with van der Waals surface area (Å²) >= 11 is 2.72. The van der Waals surface area contributed by atoms with Gasteiger partial charge in [-0.3, -0.25) is 19.4 Å². The summed E-state index contributed by atoms with van der Waals surface area (Å²) in [5.74, 6) is -0.135. The van der Waals surface area contributed by atoms with Gasteiger partial charge in [0, 0.05) is 47.9 Å². The zero-order valence-electron chi connectivity index (χ0n) is 22.3. The Bertz CT molecular complexity index is 1420. The van der Waals surface area contributed by atoms with E-state index < -0.39 is 23.4 Å². The monoisotopic (exact) mass is 593 g/mol. The Morgan fingerprint density at radius 1 is 1.07 bits per heavy atom. The van der Waals surface area contributed by atoms with E-state index in [-0.39, 0.29) is 5.91 Å². The highest BCUT2D eigenvalue weighted by molar-refractivity contribution is 7.99. The van der Waals surface area contributed by atoms with E-state index in [9.17, 15) is 19.5 Å². The fourth-order valence-electron chi connectivity index (χ4n) is 5.00. The number of aromatic nitrogens is 1. The average molecular weight is 594 g/mol. The molecule has 3 heterocycles. The van der Waals surface area contributed by atoms with Gasteiger partial charge in [0.05, 0.1) is 18.9 Å². The van der Waals surface area contributed by atoms with E-state index >= 15 is 0 Å². The van der Waals surface area contributed by atoms with Gasteiger partial charge in [0.25, 0.3) is 5.91 Å². The smallest absolute Gasteiger partial charge is 0.409 e. The molecule has 10 nitrogen and oxygen atoms in total. The Morgan fingerprint density at radius 3 is 2.59 bits per heavy atom. The number of amides is 3. The van der Waals surface area contributed by atoms with Crippen LogP contribution >= 0.6 is 23.1 Å². The first-order valence-corrected chi connectivity index (χ1v) is 15.6. The molecule has 3 amide bonds. The molecule has 12 heteroatoms. The second-order valence-electron chi connectivity index (χ2n) is 10.4. The van der Waals surface area contributed by atoms with Crippen LogP contribution in [0.3, 0.4) is 0 Å². The van der Waals surface area contributed by atoms with E-state index in [2.05, 4.69) is 20.5 Å². The summed E-state index contributed by atoms with van der Waals surface area (Å²) in [7, 11) is 0. The molecule has 3 N–H and O–H groups in total. The van der Waals surface area contributed by atoms with Gasteiger partial charge in [0.2, 0.25) is 5.91 Å². The number of morpholine rings is 1. The van der Waals surface area contributed by atoms with Crippen LogP contribution in [0.4, 0.5) is 9.93 Å². The molecule has 0 bridgehead atoms. The first-order valence-electron chi connectivity index (χ1n) is 13.6. The molecule has 3 aromatic rings. The van der Waals surface area contributed by atoms with Crippen LogP contribution < -0.4 is 10.6 Å². The highest BCUT2D eigenvalue weighted by Crippen LogP contribution is 2.42. The van der Waals surface area contributed by atoms with Gasteiger partial charge >= 0.3 is 6.09 Å². The molecule has 6 rings (SSSR count). The Balaban J connectivity index is 1.10. The maximum absolute atomic E-state index is 13.3. The largest absolute Gasteiger partial charge is 0.465 e. The minimum Gasteiger partial charge on any atom is -0.465 e. The van der Waals surface area contributed by atoms with Crippen molar-refractivity contribution < 1.29 is 24.2 Å². The lowest BCUT2D eigenvalue weighted by atomic mass is 10.1. The molecule has 2 saturated heterocycles. The molecule has 2 unspecified atom stereocenters. The number of anilines is 1. The van der Waals surface area contributed by atoms with E-state index in [4.69, 9.17) is 4.74 Å². The lowest BCUT2D eigenvalue weighted by Gasteiger charge is -2.28. The van der Waals surface area contributed by atoms with Crippen molar-refractivity contribution in [3.8, 4) is 11.3 Å². The topological polar surface area (TPSA) is 124 Å². The van der Waals surface area contributed by atoms with Gasteiger partial charge in [-0.15, -0.1) is 23.1 Å². The van der Waals surface area contributed by atoms with Gasteiger partial charge in [0.1, 0.15) is 11.4 Å². The Kier molecular flexibility index (Phi) is 8.24. The van der Waals surface area contributed by atoms with Crippen LogP contribution in [0.2, 0.25) is 0 Å². The van der Waals surface area contributed by atoms with Crippen molar-refractivity contribution in [1.82, 2.24) is 20.1 Å². The third-order valence-corrected chi connectivity index (χ3v) is 9.44. The second kappa shape index (κ2) is 12.2. The second-order valence-corrected chi connectivity index (χ2v) is 12.3. The summed E-state index contributed by atoms with van der Waals surface area (Å²) in [6, 6.07) is 14.6. The van der Waals surface area contributed by atoms with Gasteiger partial charge in [-0.2, -0.15) is 0 Å². The third-order valence-electron chi connectivity index (χ3n) is 7.36. The normalized spacial score (nSPS) is 21.0. The molecular weight excluding hydrogens is 562 g/mol. The first-order chi connectivity index (χ1) is 19.9. The summed E-state index contributed by atoms with van der Waals surface area (Å²) in [6.45, 7) is 3.94. The number of benzene rings is 2. The van der Waals surface area contributed by atoms with Crippen molar-refractivity contribution in [1.29, 1.82) is 0 Å². The molecule has 0 radical (unpaired) electrons. The van der Waals surface area contributed by atoms with Crippen LogP contribution in [-0.4, -0.2) is 81.9 Å². The Labute approximate surface area is 246 Å². The molecule has 214 valence electrons. The maximum Gasteiger partial charge on any atom is 0.409 e. The molecule has 3 fully saturated rings. The molecule has 3 aliphatic rings. The molecule has 1 aliphatic carbocycles. The molecule has 2 aromatic carbocycles. The Hall–Kier alpha value is -3.45. The van der Waals surface area contributed by atoms with Crippen molar-refractivity contribution in [3.05, 3.63) is 70.6 Å². The number of thioether (sulfide) groups is 1. The highest BCUT2D eigenvalue weighted by atomic mass is 32.2. The van der Waals surface area contributed by atoms with Crippen LogP contribution in [-0.2, 0) is 16.1 Å². The van der Waals surface area contributed by atoms with Gasteiger partial charge in [0.15, 0.2) is 5.13 Å². The molecular formula is C29H31N5O5S2. The molecule has 2 atom stereocenters. The lowest BCUT2D eigenvalue weighted by Crippen LogP contribution is -2.44. The van der Waals surface area contributed by atoms with Crippen LogP contribution in [0, 0.1) is 0 Å². The number of nitrogens with one attached hydrogen (secondary N) is 2. The predicted octanol–water partition coefficient (Wildman–Crippen LogP) is 4.27.